The van der Waals surface area contributed by atoms with Crippen molar-refractivity contribution in [3.63, 3.8) is 0 Å². The summed E-state index contributed by atoms with van der Waals surface area (Å²) >= 11 is 0. The van der Waals surface area contributed by atoms with Crippen molar-refractivity contribution in [2.75, 3.05) is 18.9 Å². The van der Waals surface area contributed by atoms with Gasteiger partial charge in [-0.05, 0) is 37.1 Å². The average Bonchev–Trinajstić information content (AvgIpc) is 3.26. The number of alkyl halides is 3. The number of benzene rings is 2. The van der Waals surface area contributed by atoms with Crippen molar-refractivity contribution in [1.82, 2.24) is 14.4 Å². The van der Waals surface area contributed by atoms with E-state index < -0.39 is 29.5 Å². The van der Waals surface area contributed by atoms with Crippen LogP contribution in [0.2, 0.25) is 0 Å². The molecule has 1 saturated heterocycles. The highest BCUT2D eigenvalue weighted by atomic mass is 19.4. The van der Waals surface area contributed by atoms with Crippen molar-refractivity contribution < 1.29 is 41.3 Å². The summed E-state index contributed by atoms with van der Waals surface area (Å²) < 4.78 is 83.7. The summed E-state index contributed by atoms with van der Waals surface area (Å²) in [4.78, 5) is 8.76. The van der Waals surface area contributed by atoms with E-state index in [1.807, 2.05) is 0 Å². The Morgan fingerprint density at radius 2 is 1.92 bits per heavy atom. The number of imidazole rings is 1. The van der Waals surface area contributed by atoms with Gasteiger partial charge in [0.05, 0.1) is 19.3 Å². The van der Waals surface area contributed by atoms with Crippen LogP contribution in [-0.4, -0.2) is 45.2 Å². The Morgan fingerprint density at radius 3 is 2.61 bits per heavy atom. The Morgan fingerprint density at radius 1 is 1.13 bits per heavy atom. The predicted molar refractivity (Wildman–Crippen MR) is 125 cm³/mol. The van der Waals surface area contributed by atoms with Gasteiger partial charge in [0, 0.05) is 29.9 Å². The third kappa shape index (κ3) is 5.07. The Bertz CT molecular complexity index is 1470. The minimum atomic E-state index is -5.10. The average molecular weight is 536 g/mol. The SMILES string of the molecule is Nc1nccn2c(C3CCC(CO)OC3)nc(-c3ccc(Oc4cccc(OC(F)(F)F)c4F)cc3F)c12. The molecule has 13 heteroatoms. The second kappa shape index (κ2) is 10.1. The second-order valence-electron chi connectivity index (χ2n) is 8.62. The molecule has 1 aliphatic rings. The molecule has 5 rings (SSSR count). The first-order valence-corrected chi connectivity index (χ1v) is 11.5. The molecule has 2 aromatic heterocycles. The van der Waals surface area contributed by atoms with Gasteiger partial charge in [0.2, 0.25) is 5.82 Å². The number of hydrogen-bond donors (Lipinski definition) is 2. The first-order valence-electron chi connectivity index (χ1n) is 11.5. The fourth-order valence-electron chi connectivity index (χ4n) is 4.37. The third-order valence-electron chi connectivity index (χ3n) is 6.13. The molecule has 8 nitrogen and oxygen atoms in total. The van der Waals surface area contributed by atoms with Gasteiger partial charge in [-0.1, -0.05) is 6.07 Å². The lowest BCUT2D eigenvalue weighted by atomic mass is 9.98. The highest BCUT2D eigenvalue weighted by molar-refractivity contribution is 5.85. The van der Waals surface area contributed by atoms with Crippen LogP contribution in [0.3, 0.4) is 0 Å². The fraction of sp³-hybridized carbons (Fsp3) is 0.280. The van der Waals surface area contributed by atoms with Crippen LogP contribution in [0.5, 0.6) is 17.2 Å². The van der Waals surface area contributed by atoms with Crippen LogP contribution in [0.25, 0.3) is 16.8 Å². The zero-order valence-electron chi connectivity index (χ0n) is 19.6. The number of nitrogens with two attached hydrogens (primary N) is 1. The molecule has 38 heavy (non-hydrogen) atoms. The van der Waals surface area contributed by atoms with Crippen LogP contribution in [0.4, 0.5) is 27.8 Å². The third-order valence-corrected chi connectivity index (χ3v) is 6.13. The van der Waals surface area contributed by atoms with Crippen LogP contribution in [0, 0.1) is 11.6 Å². The van der Waals surface area contributed by atoms with Crippen molar-refractivity contribution >= 4 is 11.3 Å². The molecule has 3 N–H and O–H groups in total. The molecule has 0 spiro atoms. The lowest BCUT2D eigenvalue weighted by Gasteiger charge is -2.27. The number of nitrogens with zero attached hydrogens (tertiary/aromatic N) is 3. The monoisotopic (exact) mass is 536 g/mol. The number of ether oxygens (including phenoxy) is 3. The minimum absolute atomic E-state index is 0.0559. The number of hydrogen-bond acceptors (Lipinski definition) is 7. The quantitative estimate of drug-likeness (QED) is 0.327. The molecule has 4 aromatic rings. The number of halogens is 5. The van der Waals surface area contributed by atoms with Crippen molar-refractivity contribution in [3.05, 3.63) is 66.3 Å². The highest BCUT2D eigenvalue weighted by Crippen LogP contribution is 2.38. The number of nitrogen functional groups attached to an aromatic ring is 1. The normalized spacial score (nSPS) is 18.1. The van der Waals surface area contributed by atoms with E-state index in [1.165, 1.54) is 18.3 Å². The van der Waals surface area contributed by atoms with Crippen molar-refractivity contribution in [1.29, 1.82) is 0 Å². The molecule has 200 valence electrons. The summed E-state index contributed by atoms with van der Waals surface area (Å²) in [5.41, 5.74) is 6.77. The standard InChI is InChI=1S/C25H21F5N4O4/c26-17-10-14(37-18-2-1-3-19(20(18)27)38-25(28,29)30)6-7-16(17)21-22-23(31)32-8-9-34(22)24(33-21)13-4-5-15(11-35)36-12-13/h1-3,6-10,13,15,35H,4-5,11-12H2,(H2,31,32). The van der Waals surface area contributed by atoms with Crippen LogP contribution in [0.1, 0.15) is 24.6 Å². The Balaban J connectivity index is 1.47. The smallest absolute Gasteiger partial charge is 0.454 e. The Hall–Kier alpha value is -3.97. The van der Waals surface area contributed by atoms with Crippen LogP contribution in [0.15, 0.2) is 48.8 Å². The Labute approximate surface area is 212 Å². The first-order chi connectivity index (χ1) is 18.1. The van der Waals surface area contributed by atoms with E-state index in [-0.39, 0.29) is 41.5 Å². The van der Waals surface area contributed by atoms with E-state index >= 15 is 4.39 Å². The van der Waals surface area contributed by atoms with Gasteiger partial charge in [-0.3, -0.25) is 4.40 Å². The lowest BCUT2D eigenvalue weighted by Crippen LogP contribution is -2.28. The molecule has 2 atom stereocenters. The molecule has 3 heterocycles. The van der Waals surface area contributed by atoms with E-state index in [9.17, 15) is 22.7 Å². The fourth-order valence-corrected chi connectivity index (χ4v) is 4.37. The second-order valence-corrected chi connectivity index (χ2v) is 8.62. The molecule has 1 fully saturated rings. The highest BCUT2D eigenvalue weighted by Gasteiger charge is 2.33. The minimum Gasteiger partial charge on any atom is -0.454 e. The number of aromatic nitrogens is 3. The number of aliphatic hydroxyl groups excluding tert-OH is 1. The molecular weight excluding hydrogens is 515 g/mol. The summed E-state index contributed by atoms with van der Waals surface area (Å²) in [6.07, 6.45) is -0.887. The van der Waals surface area contributed by atoms with E-state index in [0.29, 0.717) is 30.8 Å². The number of fused-ring (bicyclic) bond motifs is 1. The van der Waals surface area contributed by atoms with Crippen molar-refractivity contribution in [3.8, 4) is 28.5 Å². The zero-order chi connectivity index (χ0) is 27.0. The molecule has 2 unspecified atom stereocenters. The maximum atomic E-state index is 15.3. The molecule has 0 radical (unpaired) electrons. The van der Waals surface area contributed by atoms with Crippen LogP contribution in [-0.2, 0) is 4.74 Å². The van der Waals surface area contributed by atoms with E-state index in [1.54, 1.807) is 10.6 Å². The summed E-state index contributed by atoms with van der Waals surface area (Å²) in [5.74, 6) is -3.44. The topological polar surface area (TPSA) is 104 Å². The van der Waals surface area contributed by atoms with Gasteiger partial charge in [0.15, 0.2) is 11.5 Å². The Kier molecular flexibility index (Phi) is 6.80. The van der Waals surface area contributed by atoms with Gasteiger partial charge in [-0.2, -0.15) is 4.39 Å². The molecule has 2 aromatic carbocycles. The molecule has 1 aliphatic heterocycles. The van der Waals surface area contributed by atoms with E-state index in [4.69, 9.17) is 15.2 Å². The van der Waals surface area contributed by atoms with Gasteiger partial charge in [0.1, 0.15) is 34.4 Å². The summed E-state index contributed by atoms with van der Waals surface area (Å²) in [6, 6.07) is 6.61. The van der Waals surface area contributed by atoms with Crippen LogP contribution < -0.4 is 15.2 Å². The number of aliphatic hydroxyl groups is 1. The lowest BCUT2D eigenvalue weighted by molar-refractivity contribution is -0.275. The van der Waals surface area contributed by atoms with Gasteiger partial charge in [0.25, 0.3) is 0 Å². The number of anilines is 1. The summed E-state index contributed by atoms with van der Waals surface area (Å²) in [6.45, 7) is 0.226. The van der Waals surface area contributed by atoms with E-state index in [2.05, 4.69) is 14.7 Å². The maximum Gasteiger partial charge on any atom is 0.573 e. The van der Waals surface area contributed by atoms with Crippen molar-refractivity contribution in [2.45, 2.75) is 31.2 Å². The predicted octanol–water partition coefficient (Wildman–Crippen LogP) is 5.20. The number of rotatable bonds is 6. The van der Waals surface area contributed by atoms with Gasteiger partial charge in [-0.15, -0.1) is 13.2 Å². The van der Waals surface area contributed by atoms with Gasteiger partial charge < -0.3 is 25.1 Å². The van der Waals surface area contributed by atoms with E-state index in [0.717, 1.165) is 24.3 Å². The molecule has 0 saturated carbocycles. The van der Waals surface area contributed by atoms with Crippen molar-refractivity contribution in [2.24, 2.45) is 0 Å². The zero-order valence-corrected chi connectivity index (χ0v) is 19.6. The van der Waals surface area contributed by atoms with Gasteiger partial charge in [-0.25, -0.2) is 14.4 Å². The molecule has 0 amide bonds. The summed E-state index contributed by atoms with van der Waals surface area (Å²) in [5, 5.41) is 9.33. The summed E-state index contributed by atoms with van der Waals surface area (Å²) in [7, 11) is 0. The molecule has 0 bridgehead atoms. The van der Waals surface area contributed by atoms with Gasteiger partial charge >= 0.3 is 6.36 Å². The molecule has 0 aliphatic carbocycles. The maximum absolute atomic E-state index is 15.3. The molecular formula is C25H21F5N4O4. The first kappa shape index (κ1) is 25.7. The van der Waals surface area contributed by atoms with Crippen LogP contribution >= 0.6 is 0 Å². The largest absolute Gasteiger partial charge is 0.573 e.